The van der Waals surface area contributed by atoms with Gasteiger partial charge in [-0.1, -0.05) is 0 Å². The molecule has 0 spiro atoms. The Kier molecular flexibility index (Phi) is 6.41. The lowest BCUT2D eigenvalue weighted by atomic mass is 10.0. The number of rotatable bonds is 7. The van der Waals surface area contributed by atoms with E-state index >= 15 is 0 Å². The summed E-state index contributed by atoms with van der Waals surface area (Å²) in [5.74, 6) is 1.15. The second-order valence-electron chi connectivity index (χ2n) is 6.87. The average molecular weight is 390 g/mol. The normalized spacial score (nSPS) is 21.8. The Labute approximate surface area is 164 Å². The molecule has 8 heteroatoms. The van der Waals surface area contributed by atoms with Crippen LogP contribution in [0.5, 0.6) is 11.5 Å². The number of hydrogen-bond donors (Lipinski definition) is 3. The predicted octanol–water partition coefficient (Wildman–Crippen LogP) is 0.554. The standard InChI is InChI=1S/C20H27N3O5/c1-4-28-19(24)15-11-21-20(25)22-16(15)12-23-9-5-6-17(23)14-8-7-13(26-2)10-18(14)27-3/h7-8,10,17H,4-6,9,11-12H2,1-3H3,(H2,21,22,25)/p+1/t17-/m1/s1. The molecule has 0 saturated carbocycles. The highest BCUT2D eigenvalue weighted by atomic mass is 16.5. The van der Waals surface area contributed by atoms with Crippen molar-refractivity contribution >= 4 is 12.0 Å². The largest absolute Gasteiger partial charge is 0.497 e. The molecule has 1 unspecified atom stereocenters. The first kappa shape index (κ1) is 20.0. The van der Waals surface area contributed by atoms with Gasteiger partial charge in [-0.2, -0.15) is 0 Å². The zero-order valence-electron chi connectivity index (χ0n) is 16.6. The molecule has 2 aliphatic heterocycles. The van der Waals surface area contributed by atoms with Crippen molar-refractivity contribution in [3.05, 3.63) is 35.0 Å². The molecular weight excluding hydrogens is 362 g/mol. The fourth-order valence-corrected chi connectivity index (χ4v) is 3.93. The molecule has 28 heavy (non-hydrogen) atoms. The summed E-state index contributed by atoms with van der Waals surface area (Å²) in [6.45, 7) is 3.74. The van der Waals surface area contributed by atoms with Gasteiger partial charge in [-0.25, -0.2) is 9.59 Å². The van der Waals surface area contributed by atoms with Gasteiger partial charge in [0.2, 0.25) is 0 Å². The van der Waals surface area contributed by atoms with E-state index < -0.39 is 0 Å². The van der Waals surface area contributed by atoms with E-state index in [9.17, 15) is 9.59 Å². The summed E-state index contributed by atoms with van der Waals surface area (Å²) >= 11 is 0. The quantitative estimate of drug-likeness (QED) is 0.592. The molecule has 2 atom stereocenters. The summed E-state index contributed by atoms with van der Waals surface area (Å²) in [5.41, 5.74) is 2.23. The van der Waals surface area contributed by atoms with Gasteiger partial charge in [0, 0.05) is 18.9 Å². The van der Waals surface area contributed by atoms with Crippen molar-refractivity contribution in [3.63, 3.8) is 0 Å². The number of ether oxygens (including phenoxy) is 3. The van der Waals surface area contributed by atoms with Crippen molar-refractivity contribution in [2.24, 2.45) is 0 Å². The van der Waals surface area contributed by atoms with Gasteiger partial charge in [0.15, 0.2) is 0 Å². The average Bonchev–Trinajstić information content (AvgIpc) is 3.15. The van der Waals surface area contributed by atoms with E-state index in [-0.39, 0.29) is 24.6 Å². The van der Waals surface area contributed by atoms with Crippen LogP contribution in [0, 0.1) is 0 Å². The van der Waals surface area contributed by atoms with Gasteiger partial charge in [0.1, 0.15) is 24.1 Å². The van der Waals surface area contributed by atoms with E-state index in [4.69, 9.17) is 14.2 Å². The topological polar surface area (TPSA) is 90.3 Å². The predicted molar refractivity (Wildman–Crippen MR) is 102 cm³/mol. The Morgan fingerprint density at radius 3 is 2.82 bits per heavy atom. The lowest BCUT2D eigenvalue weighted by molar-refractivity contribution is -0.914. The maximum absolute atomic E-state index is 12.3. The zero-order valence-corrected chi connectivity index (χ0v) is 16.6. The van der Waals surface area contributed by atoms with Gasteiger partial charge in [-0.3, -0.25) is 0 Å². The maximum Gasteiger partial charge on any atom is 0.337 e. The van der Waals surface area contributed by atoms with Gasteiger partial charge >= 0.3 is 12.0 Å². The number of carbonyl (C=O) groups excluding carboxylic acids is 2. The van der Waals surface area contributed by atoms with Gasteiger partial charge in [0.05, 0.1) is 50.7 Å². The molecule has 2 aliphatic rings. The fraction of sp³-hybridized carbons (Fsp3) is 0.500. The molecule has 1 aromatic rings. The highest BCUT2D eigenvalue weighted by Crippen LogP contribution is 2.31. The molecule has 0 bridgehead atoms. The first-order valence-corrected chi connectivity index (χ1v) is 9.57. The monoisotopic (exact) mass is 390 g/mol. The molecule has 1 fully saturated rings. The highest BCUT2D eigenvalue weighted by Gasteiger charge is 2.35. The molecule has 0 aromatic heterocycles. The first-order valence-electron chi connectivity index (χ1n) is 9.57. The summed E-state index contributed by atoms with van der Waals surface area (Å²) in [5, 5.41) is 5.46. The summed E-state index contributed by atoms with van der Waals surface area (Å²) in [4.78, 5) is 25.4. The minimum absolute atomic E-state index is 0.184. The summed E-state index contributed by atoms with van der Waals surface area (Å²) < 4.78 is 16.0. The third-order valence-electron chi connectivity index (χ3n) is 5.28. The van der Waals surface area contributed by atoms with Crippen molar-refractivity contribution in [2.75, 3.05) is 40.5 Å². The third kappa shape index (κ3) is 4.22. The second-order valence-corrected chi connectivity index (χ2v) is 6.87. The van der Waals surface area contributed by atoms with Crippen molar-refractivity contribution in [1.82, 2.24) is 10.6 Å². The highest BCUT2D eigenvalue weighted by molar-refractivity contribution is 5.93. The van der Waals surface area contributed by atoms with Gasteiger partial charge in [-0.05, 0) is 19.1 Å². The molecule has 8 nitrogen and oxygen atoms in total. The molecule has 3 rings (SSSR count). The van der Waals surface area contributed by atoms with Crippen molar-refractivity contribution in [1.29, 1.82) is 0 Å². The van der Waals surface area contributed by atoms with E-state index in [2.05, 4.69) is 10.6 Å². The number of esters is 1. The molecule has 1 saturated heterocycles. The van der Waals surface area contributed by atoms with Crippen molar-refractivity contribution in [2.45, 2.75) is 25.8 Å². The minimum atomic E-state index is -0.387. The lowest BCUT2D eigenvalue weighted by Crippen LogP contribution is -3.10. The summed E-state index contributed by atoms with van der Waals surface area (Å²) in [6, 6.07) is 5.78. The van der Waals surface area contributed by atoms with Gasteiger partial charge in [-0.15, -0.1) is 0 Å². The van der Waals surface area contributed by atoms with Crippen LogP contribution in [-0.2, 0) is 9.53 Å². The molecule has 2 amide bonds. The molecule has 2 heterocycles. The van der Waals surface area contributed by atoms with Gasteiger partial charge in [0.25, 0.3) is 0 Å². The molecule has 3 N–H and O–H groups in total. The van der Waals surface area contributed by atoms with Crippen molar-refractivity contribution < 1.29 is 28.7 Å². The smallest absolute Gasteiger partial charge is 0.337 e. The SMILES string of the molecule is CCOC(=O)C1=C(C[NH+]2CCC[C@@H]2c2ccc(OC)cc2OC)NC(=O)NC1. The van der Waals surface area contributed by atoms with E-state index in [1.54, 1.807) is 21.1 Å². The van der Waals surface area contributed by atoms with Crippen molar-refractivity contribution in [3.8, 4) is 11.5 Å². The van der Waals surface area contributed by atoms with Crippen LogP contribution in [-0.4, -0.2) is 52.5 Å². The van der Waals surface area contributed by atoms with Crippen LogP contribution in [0.15, 0.2) is 29.5 Å². The second kappa shape index (κ2) is 8.97. The molecular formula is C20H28N3O5+. The number of hydrogen-bond acceptors (Lipinski definition) is 5. The van der Waals surface area contributed by atoms with Crippen LogP contribution in [0.25, 0.3) is 0 Å². The van der Waals surface area contributed by atoms with Crippen LogP contribution in [0.3, 0.4) is 0 Å². The number of likely N-dealkylation sites (tertiary alicyclic amines) is 1. The zero-order chi connectivity index (χ0) is 20.1. The van der Waals surface area contributed by atoms with Crippen LogP contribution >= 0.6 is 0 Å². The Balaban J connectivity index is 1.86. The molecule has 152 valence electrons. The summed E-state index contributed by atoms with van der Waals surface area (Å²) in [6.07, 6.45) is 2.07. The fourth-order valence-electron chi connectivity index (χ4n) is 3.93. The number of amides is 2. The van der Waals surface area contributed by atoms with Crippen LogP contribution in [0.4, 0.5) is 4.79 Å². The van der Waals surface area contributed by atoms with Crippen LogP contribution < -0.4 is 25.0 Å². The number of urea groups is 1. The Bertz CT molecular complexity index is 777. The third-order valence-corrected chi connectivity index (χ3v) is 5.28. The van der Waals surface area contributed by atoms with Gasteiger partial charge < -0.3 is 29.7 Å². The van der Waals surface area contributed by atoms with Crippen LogP contribution in [0.2, 0.25) is 0 Å². The van der Waals surface area contributed by atoms with E-state index in [1.165, 1.54) is 4.90 Å². The molecule has 0 radical (unpaired) electrons. The van der Waals surface area contributed by atoms with E-state index in [0.29, 0.717) is 24.4 Å². The van der Waals surface area contributed by atoms with E-state index in [1.807, 2.05) is 18.2 Å². The number of quaternary nitrogens is 1. The number of nitrogens with one attached hydrogen (secondary N) is 3. The first-order chi connectivity index (χ1) is 13.6. The maximum atomic E-state index is 12.3. The number of carbonyl (C=O) groups is 2. The van der Waals surface area contributed by atoms with Crippen LogP contribution in [0.1, 0.15) is 31.4 Å². The lowest BCUT2D eigenvalue weighted by Gasteiger charge is -2.27. The summed E-state index contributed by atoms with van der Waals surface area (Å²) in [7, 11) is 3.28. The Hall–Kier alpha value is -2.74. The number of methoxy groups -OCH3 is 2. The number of benzene rings is 1. The minimum Gasteiger partial charge on any atom is -0.497 e. The Morgan fingerprint density at radius 2 is 2.11 bits per heavy atom. The Morgan fingerprint density at radius 1 is 1.29 bits per heavy atom. The van der Waals surface area contributed by atoms with E-state index in [0.717, 1.165) is 36.4 Å². The molecule has 0 aliphatic carbocycles. The molecule has 1 aromatic carbocycles.